The van der Waals surface area contributed by atoms with E-state index in [-0.39, 0.29) is 27.0 Å². The van der Waals surface area contributed by atoms with Gasteiger partial charge in [0, 0.05) is 17.8 Å². The molecule has 0 aliphatic rings. The first-order valence-electron chi connectivity index (χ1n) is 8.75. The molecule has 160 valence electrons. The first-order chi connectivity index (χ1) is 14.7. The molecule has 0 fully saturated rings. The molecule has 31 heavy (non-hydrogen) atoms. The summed E-state index contributed by atoms with van der Waals surface area (Å²) in [4.78, 5) is 23.0. The zero-order valence-corrected chi connectivity index (χ0v) is 17.3. The van der Waals surface area contributed by atoms with Crippen LogP contribution in [0.1, 0.15) is 0 Å². The number of hydrogen-bond acceptors (Lipinski definition) is 5. The van der Waals surface area contributed by atoms with Gasteiger partial charge in [0.25, 0.3) is 15.7 Å². The second-order valence-electron chi connectivity index (χ2n) is 6.28. The lowest BCUT2D eigenvalue weighted by Crippen LogP contribution is -2.38. The van der Waals surface area contributed by atoms with E-state index < -0.39 is 33.2 Å². The van der Waals surface area contributed by atoms with E-state index in [9.17, 15) is 27.7 Å². The maximum atomic E-state index is 13.3. The molecule has 0 saturated carbocycles. The monoisotopic (exact) mass is 463 g/mol. The van der Waals surface area contributed by atoms with Gasteiger partial charge in [-0.15, -0.1) is 0 Å². The van der Waals surface area contributed by atoms with E-state index in [1.807, 2.05) is 0 Å². The van der Waals surface area contributed by atoms with Crippen molar-refractivity contribution in [2.45, 2.75) is 4.90 Å². The number of amides is 1. The van der Waals surface area contributed by atoms with Crippen LogP contribution in [0.25, 0.3) is 0 Å². The van der Waals surface area contributed by atoms with Gasteiger partial charge >= 0.3 is 0 Å². The highest BCUT2D eigenvalue weighted by atomic mass is 35.5. The summed E-state index contributed by atoms with van der Waals surface area (Å²) in [5.41, 5.74) is -0.241. The van der Waals surface area contributed by atoms with Crippen molar-refractivity contribution in [3.63, 3.8) is 0 Å². The van der Waals surface area contributed by atoms with E-state index >= 15 is 0 Å². The number of hydrogen-bond donors (Lipinski definition) is 1. The molecule has 3 rings (SSSR count). The third-order valence-corrected chi connectivity index (χ3v) is 6.23. The lowest BCUT2D eigenvalue weighted by molar-refractivity contribution is -0.384. The third kappa shape index (κ3) is 5.16. The number of carbonyl (C=O) groups excluding carboxylic acids is 1. The van der Waals surface area contributed by atoms with Crippen LogP contribution in [0.2, 0.25) is 5.02 Å². The SMILES string of the molecule is O=C(CN(c1cccc([N+](=O)[O-])c1)S(=O)(=O)c1ccccc1)Nc1ccc(F)c(Cl)c1. The molecule has 11 heteroatoms. The Kier molecular flexibility index (Phi) is 6.52. The molecule has 0 aliphatic carbocycles. The molecular formula is C20H15ClFN3O5S. The number of nitrogens with zero attached hydrogens (tertiary/aromatic N) is 2. The Morgan fingerprint density at radius 2 is 1.77 bits per heavy atom. The van der Waals surface area contributed by atoms with Gasteiger partial charge in [-0.2, -0.15) is 0 Å². The molecule has 0 saturated heterocycles. The summed E-state index contributed by atoms with van der Waals surface area (Å²) < 4.78 is 40.5. The average Bonchev–Trinajstić information content (AvgIpc) is 2.75. The Morgan fingerprint density at radius 3 is 2.42 bits per heavy atom. The fourth-order valence-electron chi connectivity index (χ4n) is 2.70. The molecule has 8 nitrogen and oxygen atoms in total. The summed E-state index contributed by atoms with van der Waals surface area (Å²) in [5, 5.41) is 13.4. The lowest BCUT2D eigenvalue weighted by Gasteiger charge is -2.24. The number of nitro groups is 1. The number of nitro benzene ring substituents is 1. The number of sulfonamides is 1. The number of non-ortho nitro benzene ring substituents is 1. The second-order valence-corrected chi connectivity index (χ2v) is 8.55. The third-order valence-electron chi connectivity index (χ3n) is 4.15. The highest BCUT2D eigenvalue weighted by Gasteiger charge is 2.28. The summed E-state index contributed by atoms with van der Waals surface area (Å²) in [6, 6.07) is 15.8. The Labute approximate surface area is 182 Å². The van der Waals surface area contributed by atoms with E-state index in [1.165, 1.54) is 54.6 Å². The van der Waals surface area contributed by atoms with E-state index in [4.69, 9.17) is 11.6 Å². The fraction of sp³-hybridized carbons (Fsp3) is 0.0500. The molecule has 0 heterocycles. The minimum Gasteiger partial charge on any atom is -0.324 e. The predicted molar refractivity (Wildman–Crippen MR) is 114 cm³/mol. The molecular weight excluding hydrogens is 449 g/mol. The molecule has 0 radical (unpaired) electrons. The summed E-state index contributed by atoms with van der Waals surface area (Å²) in [5.74, 6) is -1.43. The molecule has 1 N–H and O–H groups in total. The molecule has 0 spiro atoms. The minimum absolute atomic E-state index is 0.0645. The van der Waals surface area contributed by atoms with Crippen molar-refractivity contribution in [1.82, 2.24) is 0 Å². The first kappa shape index (κ1) is 22.2. The zero-order chi connectivity index (χ0) is 22.6. The van der Waals surface area contributed by atoms with Crippen molar-refractivity contribution in [3.05, 3.63) is 93.8 Å². The number of halogens is 2. The molecule has 3 aromatic carbocycles. The van der Waals surface area contributed by atoms with Gasteiger partial charge in [-0.25, -0.2) is 12.8 Å². The van der Waals surface area contributed by atoms with Crippen LogP contribution >= 0.6 is 11.6 Å². The Hall–Kier alpha value is -3.50. The van der Waals surface area contributed by atoms with Crippen molar-refractivity contribution in [1.29, 1.82) is 0 Å². The minimum atomic E-state index is -4.23. The zero-order valence-electron chi connectivity index (χ0n) is 15.7. The smallest absolute Gasteiger partial charge is 0.271 e. The molecule has 0 aliphatic heterocycles. The number of nitrogens with one attached hydrogen (secondary N) is 1. The van der Waals surface area contributed by atoms with Crippen molar-refractivity contribution >= 4 is 44.6 Å². The number of rotatable bonds is 7. The Morgan fingerprint density at radius 1 is 1.06 bits per heavy atom. The van der Waals surface area contributed by atoms with Crippen LogP contribution in [-0.2, 0) is 14.8 Å². The van der Waals surface area contributed by atoms with Crippen molar-refractivity contribution in [2.75, 3.05) is 16.2 Å². The van der Waals surface area contributed by atoms with Crippen LogP contribution in [0.5, 0.6) is 0 Å². The lowest BCUT2D eigenvalue weighted by atomic mass is 10.2. The van der Waals surface area contributed by atoms with Crippen LogP contribution in [0.15, 0.2) is 77.7 Å². The summed E-state index contributed by atoms with van der Waals surface area (Å²) in [6.07, 6.45) is 0. The molecule has 0 aromatic heterocycles. The van der Waals surface area contributed by atoms with Gasteiger partial charge in [-0.05, 0) is 36.4 Å². The van der Waals surface area contributed by atoms with E-state index in [0.29, 0.717) is 0 Å². The molecule has 0 unspecified atom stereocenters. The van der Waals surface area contributed by atoms with Gasteiger partial charge < -0.3 is 5.32 Å². The van der Waals surface area contributed by atoms with E-state index in [0.717, 1.165) is 16.4 Å². The quantitative estimate of drug-likeness (QED) is 0.416. The van der Waals surface area contributed by atoms with Gasteiger partial charge in [0.15, 0.2) is 0 Å². The van der Waals surface area contributed by atoms with Gasteiger partial charge in [0.05, 0.1) is 20.5 Å². The predicted octanol–water partition coefficient (Wildman–Crippen LogP) is 4.22. The number of anilines is 2. The van der Waals surface area contributed by atoms with Crippen LogP contribution in [0.4, 0.5) is 21.5 Å². The van der Waals surface area contributed by atoms with Gasteiger partial charge in [-0.3, -0.25) is 19.2 Å². The van der Waals surface area contributed by atoms with Crippen LogP contribution in [0.3, 0.4) is 0 Å². The van der Waals surface area contributed by atoms with Gasteiger partial charge in [0.2, 0.25) is 5.91 Å². The fourth-order valence-corrected chi connectivity index (χ4v) is 4.32. The molecule has 0 atom stereocenters. The maximum Gasteiger partial charge on any atom is 0.271 e. The van der Waals surface area contributed by atoms with Crippen LogP contribution in [-0.4, -0.2) is 25.8 Å². The summed E-state index contributed by atoms with van der Waals surface area (Å²) in [7, 11) is -4.23. The number of benzene rings is 3. The Balaban J connectivity index is 1.97. The van der Waals surface area contributed by atoms with Crippen LogP contribution < -0.4 is 9.62 Å². The first-order valence-corrected chi connectivity index (χ1v) is 10.6. The van der Waals surface area contributed by atoms with E-state index in [2.05, 4.69) is 5.32 Å². The average molecular weight is 464 g/mol. The largest absolute Gasteiger partial charge is 0.324 e. The topological polar surface area (TPSA) is 110 Å². The second kappa shape index (κ2) is 9.11. The number of carbonyl (C=O) groups is 1. The van der Waals surface area contributed by atoms with E-state index in [1.54, 1.807) is 6.07 Å². The van der Waals surface area contributed by atoms with Crippen molar-refractivity contribution in [3.8, 4) is 0 Å². The molecule has 3 aromatic rings. The highest BCUT2D eigenvalue weighted by Crippen LogP contribution is 2.27. The van der Waals surface area contributed by atoms with Gasteiger partial charge in [0.1, 0.15) is 12.4 Å². The van der Waals surface area contributed by atoms with Crippen molar-refractivity contribution < 1.29 is 22.5 Å². The molecule has 0 bridgehead atoms. The summed E-state index contributed by atoms with van der Waals surface area (Å²) in [6.45, 7) is -0.687. The van der Waals surface area contributed by atoms with Gasteiger partial charge in [-0.1, -0.05) is 35.9 Å². The summed E-state index contributed by atoms with van der Waals surface area (Å²) >= 11 is 5.70. The normalized spacial score (nSPS) is 11.0. The highest BCUT2D eigenvalue weighted by molar-refractivity contribution is 7.92. The maximum absolute atomic E-state index is 13.3. The molecule has 1 amide bonds. The standard InChI is InChI=1S/C20H15ClFN3O5S/c21-18-11-14(9-10-19(18)22)23-20(26)13-24(15-5-4-6-16(12-15)25(27)28)31(29,30)17-7-2-1-3-8-17/h1-12H,13H2,(H,23,26). The van der Waals surface area contributed by atoms with Crippen molar-refractivity contribution in [2.24, 2.45) is 0 Å². The van der Waals surface area contributed by atoms with Crippen LogP contribution in [0, 0.1) is 15.9 Å². The Bertz CT molecular complexity index is 1240.